The van der Waals surface area contributed by atoms with E-state index in [1.165, 1.54) is 6.92 Å². The zero-order valence-corrected chi connectivity index (χ0v) is 8.62. The summed E-state index contributed by atoms with van der Waals surface area (Å²) >= 11 is 2.04. The van der Waals surface area contributed by atoms with Crippen LogP contribution in [0.2, 0.25) is 0 Å². The number of phenols is 1. The number of phenolic OH excluding ortho intramolecular Hbond substituents is 1. The van der Waals surface area contributed by atoms with E-state index < -0.39 is 0 Å². The van der Waals surface area contributed by atoms with Crippen LogP contribution in [0.1, 0.15) is 17.3 Å². The lowest BCUT2D eigenvalue weighted by atomic mass is 10.1. The molecule has 4 heteroatoms. The van der Waals surface area contributed by atoms with E-state index in [9.17, 15) is 9.90 Å². The molecule has 1 rings (SSSR count). The van der Waals surface area contributed by atoms with Gasteiger partial charge in [-0.1, -0.05) is 0 Å². The Morgan fingerprint density at radius 3 is 2.67 bits per heavy atom. The normalized spacial score (nSPS) is 9.83. The van der Waals surface area contributed by atoms with E-state index in [0.29, 0.717) is 0 Å². The fraction of sp³-hybridized carbons (Fsp3) is 0.125. The van der Waals surface area contributed by atoms with Crippen LogP contribution in [-0.4, -0.2) is 10.9 Å². The number of benzene rings is 1. The Morgan fingerprint density at radius 2 is 2.17 bits per heavy atom. The molecule has 0 heterocycles. The molecular weight excluding hydrogens is 269 g/mol. The highest BCUT2D eigenvalue weighted by molar-refractivity contribution is 14.1. The lowest BCUT2D eigenvalue weighted by molar-refractivity contribution is 0.101. The third-order valence-corrected chi connectivity index (χ3v) is 2.11. The summed E-state index contributed by atoms with van der Waals surface area (Å²) in [4.78, 5) is 11.0. The van der Waals surface area contributed by atoms with Crippen molar-refractivity contribution in [3.63, 3.8) is 0 Å². The molecule has 0 saturated heterocycles. The van der Waals surface area contributed by atoms with Gasteiger partial charge in [0.2, 0.25) is 0 Å². The average Bonchev–Trinajstić information content (AvgIpc) is 1.96. The summed E-state index contributed by atoms with van der Waals surface area (Å²) in [7, 11) is 0. The van der Waals surface area contributed by atoms with Gasteiger partial charge in [0.15, 0.2) is 5.78 Å². The summed E-state index contributed by atoms with van der Waals surface area (Å²) in [6.45, 7) is 1.39. The summed E-state index contributed by atoms with van der Waals surface area (Å²) in [6.07, 6.45) is 0. The molecule has 0 aliphatic heterocycles. The maximum atomic E-state index is 11.0. The summed E-state index contributed by atoms with van der Waals surface area (Å²) in [5, 5.41) is 9.34. The van der Waals surface area contributed by atoms with Crippen LogP contribution in [0.3, 0.4) is 0 Å². The van der Waals surface area contributed by atoms with E-state index in [4.69, 9.17) is 5.73 Å². The minimum Gasteiger partial charge on any atom is -0.505 e. The molecule has 0 saturated carbocycles. The molecule has 0 amide bonds. The zero-order chi connectivity index (χ0) is 9.30. The predicted molar refractivity (Wildman–Crippen MR) is 55.2 cm³/mol. The van der Waals surface area contributed by atoms with Gasteiger partial charge < -0.3 is 10.8 Å². The Bertz CT molecular complexity index is 336. The van der Waals surface area contributed by atoms with Gasteiger partial charge in [-0.05, 0) is 41.6 Å². The van der Waals surface area contributed by atoms with Gasteiger partial charge in [0, 0.05) is 3.57 Å². The van der Waals surface area contributed by atoms with Crippen molar-refractivity contribution < 1.29 is 9.90 Å². The topological polar surface area (TPSA) is 63.3 Å². The van der Waals surface area contributed by atoms with Crippen LogP contribution in [0, 0.1) is 3.57 Å². The molecule has 0 spiro atoms. The van der Waals surface area contributed by atoms with Gasteiger partial charge in [0.1, 0.15) is 5.75 Å². The number of Topliss-reactive ketones (excluding diaryl/α,β-unsaturated/α-hetero) is 1. The molecular formula is C8H8INO2. The van der Waals surface area contributed by atoms with Crippen molar-refractivity contribution in [2.24, 2.45) is 0 Å². The number of carbonyl (C=O) groups is 1. The van der Waals surface area contributed by atoms with Crippen molar-refractivity contribution >= 4 is 34.1 Å². The fourth-order valence-electron chi connectivity index (χ4n) is 0.889. The van der Waals surface area contributed by atoms with Gasteiger partial charge in [0.25, 0.3) is 0 Å². The molecule has 0 aliphatic rings. The largest absolute Gasteiger partial charge is 0.505 e. The Hall–Kier alpha value is -0.780. The molecule has 0 aromatic heterocycles. The molecule has 0 radical (unpaired) electrons. The first kappa shape index (κ1) is 9.31. The number of hydrogen-bond donors (Lipinski definition) is 2. The standard InChI is InChI=1S/C8H8INO2/c1-4(11)6-2-5(9)3-7(10)8(6)12/h2-3,12H,10H2,1H3. The molecule has 3 nitrogen and oxygen atoms in total. The monoisotopic (exact) mass is 277 g/mol. The van der Waals surface area contributed by atoms with Crippen LogP contribution >= 0.6 is 22.6 Å². The molecule has 1 aromatic carbocycles. The number of anilines is 1. The quantitative estimate of drug-likeness (QED) is 0.356. The zero-order valence-electron chi connectivity index (χ0n) is 6.47. The molecule has 0 atom stereocenters. The van der Waals surface area contributed by atoms with Gasteiger partial charge in [-0.25, -0.2) is 0 Å². The maximum absolute atomic E-state index is 11.0. The predicted octanol–water partition coefficient (Wildman–Crippen LogP) is 1.78. The molecule has 0 bridgehead atoms. The second-order valence-electron chi connectivity index (χ2n) is 2.45. The number of nitrogens with two attached hydrogens (primary N) is 1. The van der Waals surface area contributed by atoms with Crippen molar-refractivity contribution in [1.29, 1.82) is 0 Å². The summed E-state index contributed by atoms with van der Waals surface area (Å²) in [5.74, 6) is -0.305. The van der Waals surface area contributed by atoms with Crippen molar-refractivity contribution in [1.82, 2.24) is 0 Å². The molecule has 64 valence electrons. The first-order chi connectivity index (χ1) is 5.52. The number of carbonyl (C=O) groups excluding carboxylic acids is 1. The summed E-state index contributed by atoms with van der Waals surface area (Å²) < 4.78 is 0.841. The molecule has 0 fully saturated rings. The molecule has 1 aromatic rings. The third-order valence-electron chi connectivity index (χ3n) is 1.48. The summed E-state index contributed by atoms with van der Waals surface area (Å²) in [5.41, 5.74) is 5.97. The van der Waals surface area contributed by atoms with Crippen LogP contribution in [-0.2, 0) is 0 Å². The van der Waals surface area contributed by atoms with E-state index in [1.807, 2.05) is 22.6 Å². The number of halogens is 1. The Labute approximate surface area is 83.7 Å². The fourth-order valence-corrected chi connectivity index (χ4v) is 1.54. The molecule has 12 heavy (non-hydrogen) atoms. The van der Waals surface area contributed by atoms with E-state index >= 15 is 0 Å². The first-order valence-corrected chi connectivity index (χ1v) is 4.39. The molecule has 0 unspecified atom stereocenters. The summed E-state index contributed by atoms with van der Waals surface area (Å²) in [6, 6.07) is 3.22. The van der Waals surface area contributed by atoms with Gasteiger partial charge in [0.05, 0.1) is 11.3 Å². The number of aromatic hydroxyl groups is 1. The minimum absolute atomic E-state index is 0.122. The van der Waals surface area contributed by atoms with Crippen LogP contribution in [0.5, 0.6) is 5.75 Å². The van der Waals surface area contributed by atoms with Crippen LogP contribution in [0.4, 0.5) is 5.69 Å². The Morgan fingerprint density at radius 1 is 1.58 bits per heavy atom. The van der Waals surface area contributed by atoms with Gasteiger partial charge >= 0.3 is 0 Å². The highest BCUT2D eigenvalue weighted by Gasteiger charge is 2.09. The van der Waals surface area contributed by atoms with Crippen molar-refractivity contribution in [3.05, 3.63) is 21.3 Å². The van der Waals surface area contributed by atoms with E-state index in [0.717, 1.165) is 3.57 Å². The van der Waals surface area contributed by atoms with E-state index in [2.05, 4.69) is 0 Å². The van der Waals surface area contributed by atoms with Crippen molar-refractivity contribution in [2.75, 3.05) is 5.73 Å². The average molecular weight is 277 g/mol. The first-order valence-electron chi connectivity index (χ1n) is 3.31. The lowest BCUT2D eigenvalue weighted by Gasteiger charge is -2.04. The van der Waals surface area contributed by atoms with Gasteiger partial charge in [-0.15, -0.1) is 0 Å². The van der Waals surface area contributed by atoms with Crippen LogP contribution < -0.4 is 5.73 Å². The Kier molecular flexibility index (Phi) is 2.56. The van der Waals surface area contributed by atoms with Gasteiger partial charge in [-0.2, -0.15) is 0 Å². The smallest absolute Gasteiger partial charge is 0.163 e. The highest BCUT2D eigenvalue weighted by Crippen LogP contribution is 2.27. The van der Waals surface area contributed by atoms with Gasteiger partial charge in [-0.3, -0.25) is 4.79 Å². The lowest BCUT2D eigenvalue weighted by Crippen LogP contribution is -1.97. The maximum Gasteiger partial charge on any atom is 0.163 e. The van der Waals surface area contributed by atoms with Crippen LogP contribution in [0.15, 0.2) is 12.1 Å². The van der Waals surface area contributed by atoms with Crippen LogP contribution in [0.25, 0.3) is 0 Å². The van der Waals surface area contributed by atoms with E-state index in [1.54, 1.807) is 12.1 Å². The highest BCUT2D eigenvalue weighted by atomic mass is 127. The van der Waals surface area contributed by atoms with Crippen molar-refractivity contribution in [3.8, 4) is 5.75 Å². The number of hydrogen-bond acceptors (Lipinski definition) is 3. The van der Waals surface area contributed by atoms with Crippen molar-refractivity contribution in [2.45, 2.75) is 6.92 Å². The second-order valence-corrected chi connectivity index (χ2v) is 3.69. The molecule has 3 N–H and O–H groups in total. The minimum atomic E-state index is -0.183. The number of ketones is 1. The second kappa shape index (κ2) is 3.30. The van der Waals surface area contributed by atoms with E-state index in [-0.39, 0.29) is 22.8 Å². The SMILES string of the molecule is CC(=O)c1cc(I)cc(N)c1O. The Balaban J connectivity index is 3.37. The molecule has 0 aliphatic carbocycles. The number of rotatable bonds is 1. The number of nitrogen functional groups attached to an aromatic ring is 1. The third kappa shape index (κ3) is 1.69.